The molecule has 0 aromatic rings. The van der Waals surface area contributed by atoms with Crippen molar-refractivity contribution in [1.82, 2.24) is 4.72 Å². The highest BCUT2D eigenvalue weighted by Gasteiger charge is 2.51. The highest BCUT2D eigenvalue weighted by molar-refractivity contribution is 9.09. The Bertz CT molecular complexity index is 324. The van der Waals surface area contributed by atoms with Gasteiger partial charge in [-0.3, -0.25) is 0 Å². The van der Waals surface area contributed by atoms with E-state index in [0.717, 1.165) is 32.1 Å². The summed E-state index contributed by atoms with van der Waals surface area (Å²) in [7, 11) is -3.08. The minimum atomic E-state index is -3.08. The fourth-order valence-corrected chi connectivity index (χ4v) is 4.33. The molecule has 2 atom stereocenters. The Kier molecular flexibility index (Phi) is 2.69. The number of nitrogens with one attached hydrogen (secondary N) is 1. The van der Waals surface area contributed by atoms with E-state index in [1.165, 1.54) is 0 Å². The van der Waals surface area contributed by atoms with E-state index in [-0.39, 0.29) is 6.04 Å². The highest BCUT2D eigenvalue weighted by atomic mass is 79.9. The van der Waals surface area contributed by atoms with E-state index in [4.69, 9.17) is 0 Å². The molecule has 0 amide bonds. The summed E-state index contributed by atoms with van der Waals surface area (Å²) in [5.74, 6) is 0. The number of sulfonamides is 1. The molecule has 0 aromatic carbocycles. The van der Waals surface area contributed by atoms with Crippen LogP contribution < -0.4 is 4.72 Å². The van der Waals surface area contributed by atoms with E-state index in [1.807, 2.05) is 6.92 Å². The molecular formula is C9H16BrNO2S. The lowest BCUT2D eigenvalue weighted by Crippen LogP contribution is -2.43. The molecule has 3 nitrogen and oxygen atoms in total. The van der Waals surface area contributed by atoms with Gasteiger partial charge < -0.3 is 0 Å². The Labute approximate surface area is 93.8 Å². The minimum absolute atomic E-state index is 0.109. The Morgan fingerprint density at radius 3 is 2.43 bits per heavy atom. The molecule has 0 heterocycles. The molecule has 14 heavy (non-hydrogen) atoms. The first-order chi connectivity index (χ1) is 6.45. The van der Waals surface area contributed by atoms with Crippen LogP contribution in [0.25, 0.3) is 0 Å². The van der Waals surface area contributed by atoms with Crippen molar-refractivity contribution in [2.75, 3.05) is 0 Å². The summed E-state index contributed by atoms with van der Waals surface area (Å²) in [6.45, 7) is 1.83. The molecule has 0 bridgehead atoms. The van der Waals surface area contributed by atoms with Crippen LogP contribution in [-0.2, 0) is 10.0 Å². The molecule has 0 spiro atoms. The second-order valence-corrected chi connectivity index (χ2v) is 8.03. The van der Waals surface area contributed by atoms with Gasteiger partial charge in [0.05, 0.1) is 4.75 Å². The third kappa shape index (κ3) is 1.86. The second kappa shape index (κ2) is 3.46. The van der Waals surface area contributed by atoms with E-state index in [1.54, 1.807) is 0 Å². The van der Waals surface area contributed by atoms with E-state index in [0.29, 0.717) is 4.83 Å². The molecule has 0 aliphatic heterocycles. The molecule has 0 aromatic heterocycles. The van der Waals surface area contributed by atoms with Gasteiger partial charge in [-0.25, -0.2) is 13.1 Å². The zero-order chi connectivity index (χ0) is 10.4. The van der Waals surface area contributed by atoms with Crippen LogP contribution in [0.5, 0.6) is 0 Å². The molecule has 2 aliphatic carbocycles. The molecule has 2 aliphatic rings. The smallest absolute Gasteiger partial charge is 0.212 e. The lowest BCUT2D eigenvalue weighted by atomic mass is 10.3. The van der Waals surface area contributed by atoms with Crippen LogP contribution in [0, 0.1) is 0 Å². The van der Waals surface area contributed by atoms with Gasteiger partial charge in [0, 0.05) is 10.9 Å². The van der Waals surface area contributed by atoms with Crippen molar-refractivity contribution < 1.29 is 8.42 Å². The van der Waals surface area contributed by atoms with Crippen LogP contribution in [0.1, 0.15) is 39.0 Å². The van der Waals surface area contributed by atoms with Crippen LogP contribution in [-0.4, -0.2) is 24.0 Å². The van der Waals surface area contributed by atoms with Gasteiger partial charge in [-0.05, 0) is 32.6 Å². The number of hydrogen-bond acceptors (Lipinski definition) is 2. The molecule has 0 saturated heterocycles. The summed E-state index contributed by atoms with van der Waals surface area (Å²) >= 11 is 3.52. The number of rotatable bonds is 3. The highest BCUT2D eigenvalue weighted by Crippen LogP contribution is 2.43. The average molecular weight is 282 g/mol. The molecule has 2 unspecified atom stereocenters. The first kappa shape index (κ1) is 10.9. The van der Waals surface area contributed by atoms with Crippen molar-refractivity contribution in [3.05, 3.63) is 0 Å². The van der Waals surface area contributed by atoms with Gasteiger partial charge in [0.2, 0.25) is 10.0 Å². The summed E-state index contributed by atoms with van der Waals surface area (Å²) in [6, 6.07) is 0.109. The van der Waals surface area contributed by atoms with Crippen molar-refractivity contribution in [3.63, 3.8) is 0 Å². The monoisotopic (exact) mass is 281 g/mol. The summed E-state index contributed by atoms with van der Waals surface area (Å²) < 4.78 is 26.1. The topological polar surface area (TPSA) is 46.2 Å². The maximum atomic E-state index is 11.9. The predicted molar refractivity (Wildman–Crippen MR) is 60.0 cm³/mol. The molecular weight excluding hydrogens is 266 g/mol. The molecule has 5 heteroatoms. The van der Waals surface area contributed by atoms with Gasteiger partial charge in [-0.2, -0.15) is 0 Å². The van der Waals surface area contributed by atoms with Crippen LogP contribution >= 0.6 is 15.9 Å². The Balaban J connectivity index is 2.03. The lowest BCUT2D eigenvalue weighted by Gasteiger charge is -2.19. The number of hydrogen-bond donors (Lipinski definition) is 1. The van der Waals surface area contributed by atoms with E-state index < -0.39 is 14.8 Å². The third-order valence-corrected chi connectivity index (χ3v) is 6.76. The fraction of sp³-hybridized carbons (Fsp3) is 1.00. The summed E-state index contributed by atoms with van der Waals surface area (Å²) in [4.78, 5) is 0.319. The van der Waals surface area contributed by atoms with E-state index in [9.17, 15) is 8.42 Å². The normalized spacial score (nSPS) is 35.9. The van der Waals surface area contributed by atoms with Crippen molar-refractivity contribution in [3.8, 4) is 0 Å². The van der Waals surface area contributed by atoms with Crippen LogP contribution in [0.3, 0.4) is 0 Å². The average Bonchev–Trinajstić information content (AvgIpc) is 2.73. The standard InChI is InChI=1S/C9H16BrNO2S/c1-9(5-6-9)14(12,13)11-8-4-2-3-7(8)10/h7-8,11H,2-6H2,1H3. The van der Waals surface area contributed by atoms with Gasteiger partial charge in [0.15, 0.2) is 0 Å². The fourth-order valence-electron chi connectivity index (χ4n) is 1.83. The van der Waals surface area contributed by atoms with Gasteiger partial charge in [-0.15, -0.1) is 0 Å². The van der Waals surface area contributed by atoms with Crippen LogP contribution in [0.15, 0.2) is 0 Å². The van der Waals surface area contributed by atoms with Crippen molar-refractivity contribution in [1.29, 1.82) is 0 Å². The van der Waals surface area contributed by atoms with Crippen molar-refractivity contribution in [2.24, 2.45) is 0 Å². The van der Waals surface area contributed by atoms with Gasteiger partial charge >= 0.3 is 0 Å². The predicted octanol–water partition coefficient (Wildman–Crippen LogP) is 1.77. The zero-order valence-corrected chi connectivity index (χ0v) is 10.7. The zero-order valence-electron chi connectivity index (χ0n) is 8.29. The van der Waals surface area contributed by atoms with Crippen molar-refractivity contribution >= 4 is 26.0 Å². The van der Waals surface area contributed by atoms with Gasteiger partial charge in [0.25, 0.3) is 0 Å². The Hall–Kier alpha value is 0.390. The van der Waals surface area contributed by atoms with Crippen LogP contribution in [0.4, 0.5) is 0 Å². The molecule has 2 rings (SSSR count). The summed E-state index contributed by atoms with van der Waals surface area (Å²) in [6.07, 6.45) is 4.76. The Morgan fingerprint density at radius 2 is 2.00 bits per heavy atom. The quantitative estimate of drug-likeness (QED) is 0.802. The Morgan fingerprint density at radius 1 is 1.36 bits per heavy atom. The SMILES string of the molecule is CC1(S(=O)(=O)NC2CCCC2Br)CC1. The van der Waals surface area contributed by atoms with Gasteiger partial charge in [-0.1, -0.05) is 22.4 Å². The molecule has 1 N–H and O–H groups in total. The van der Waals surface area contributed by atoms with Gasteiger partial charge in [0.1, 0.15) is 0 Å². The molecule has 82 valence electrons. The third-order valence-electron chi connectivity index (χ3n) is 3.34. The summed E-state index contributed by atoms with van der Waals surface area (Å²) in [5.41, 5.74) is 0. The summed E-state index contributed by atoms with van der Waals surface area (Å²) in [5, 5.41) is 0. The van der Waals surface area contributed by atoms with E-state index >= 15 is 0 Å². The first-order valence-electron chi connectivity index (χ1n) is 5.11. The van der Waals surface area contributed by atoms with Crippen molar-refractivity contribution in [2.45, 2.75) is 54.6 Å². The maximum Gasteiger partial charge on any atom is 0.217 e. The largest absolute Gasteiger partial charge is 0.217 e. The second-order valence-electron chi connectivity index (χ2n) is 4.62. The van der Waals surface area contributed by atoms with Crippen LogP contribution in [0.2, 0.25) is 0 Å². The minimum Gasteiger partial charge on any atom is -0.212 e. The first-order valence-corrected chi connectivity index (χ1v) is 7.50. The molecule has 0 radical (unpaired) electrons. The van der Waals surface area contributed by atoms with E-state index in [2.05, 4.69) is 20.7 Å². The number of halogens is 1. The number of alkyl halides is 1. The lowest BCUT2D eigenvalue weighted by molar-refractivity contribution is 0.543. The molecule has 2 fully saturated rings. The molecule has 2 saturated carbocycles. The maximum absolute atomic E-state index is 11.9.